The smallest absolute Gasteiger partial charge is 0.237 e. The number of amides is 1. The van der Waals surface area contributed by atoms with Gasteiger partial charge in [0, 0.05) is 16.3 Å². The normalized spacial score (nSPS) is 11.9. The van der Waals surface area contributed by atoms with Gasteiger partial charge in [0.2, 0.25) is 17.6 Å². The Balaban J connectivity index is 1.56. The van der Waals surface area contributed by atoms with Gasteiger partial charge in [0.05, 0.1) is 11.0 Å². The number of thioether (sulfide) groups is 1. The molecule has 0 unspecified atom stereocenters. The largest absolute Gasteiger partial charge is 0.338 e. The summed E-state index contributed by atoms with van der Waals surface area (Å²) in [7, 11) is 0. The fraction of sp³-hybridized carbons (Fsp3) is 0.167. The highest BCUT2D eigenvalue weighted by Crippen LogP contribution is 2.23. The van der Waals surface area contributed by atoms with Gasteiger partial charge in [-0.15, -0.1) is 11.8 Å². The second kappa shape index (κ2) is 8.18. The first-order valence-corrected chi connectivity index (χ1v) is 9.10. The van der Waals surface area contributed by atoms with Gasteiger partial charge in [0.15, 0.2) is 0 Å². The molecule has 1 aromatic heterocycles. The standard InChI is InChI=1S/C18H16ClN3O2S/c1-12(18(23)20-15-8-3-2-4-9-15)25-11-16-21-17(22-24-16)13-6-5-7-14(19)10-13/h2-10,12H,11H2,1H3,(H,20,23)/t12-/m1/s1. The number of nitrogens with one attached hydrogen (secondary N) is 1. The van der Waals surface area contributed by atoms with Gasteiger partial charge in [-0.2, -0.15) is 4.98 Å². The summed E-state index contributed by atoms with van der Waals surface area (Å²) in [6.07, 6.45) is 0. The van der Waals surface area contributed by atoms with Gasteiger partial charge in [-0.05, 0) is 31.2 Å². The number of benzene rings is 2. The zero-order valence-electron chi connectivity index (χ0n) is 13.5. The van der Waals surface area contributed by atoms with Crippen LogP contribution in [0.1, 0.15) is 12.8 Å². The molecular formula is C18H16ClN3O2S. The SMILES string of the molecule is C[C@@H](SCc1nc(-c2cccc(Cl)c2)no1)C(=O)Nc1ccccc1. The molecule has 1 N–H and O–H groups in total. The average Bonchev–Trinajstić information content (AvgIpc) is 3.09. The molecule has 0 bridgehead atoms. The van der Waals surface area contributed by atoms with E-state index in [1.54, 1.807) is 12.1 Å². The van der Waals surface area contributed by atoms with Crippen LogP contribution in [0.25, 0.3) is 11.4 Å². The lowest BCUT2D eigenvalue weighted by molar-refractivity contribution is -0.115. The van der Waals surface area contributed by atoms with Crippen molar-refractivity contribution in [2.45, 2.75) is 17.9 Å². The Kier molecular flexibility index (Phi) is 5.73. The van der Waals surface area contributed by atoms with Crippen molar-refractivity contribution in [2.24, 2.45) is 0 Å². The van der Waals surface area contributed by atoms with Crippen LogP contribution in [0, 0.1) is 0 Å². The van der Waals surface area contributed by atoms with Gasteiger partial charge in [-0.3, -0.25) is 4.79 Å². The summed E-state index contributed by atoms with van der Waals surface area (Å²) in [6, 6.07) is 16.6. The summed E-state index contributed by atoms with van der Waals surface area (Å²) >= 11 is 7.41. The number of aromatic nitrogens is 2. The summed E-state index contributed by atoms with van der Waals surface area (Å²) in [6.45, 7) is 1.84. The molecule has 3 rings (SSSR count). The number of carbonyl (C=O) groups excluding carboxylic acids is 1. The van der Waals surface area contributed by atoms with E-state index in [4.69, 9.17) is 16.1 Å². The maximum absolute atomic E-state index is 12.2. The number of halogens is 1. The molecule has 0 aliphatic rings. The lowest BCUT2D eigenvalue weighted by Gasteiger charge is -2.10. The zero-order valence-corrected chi connectivity index (χ0v) is 15.1. The van der Waals surface area contributed by atoms with Crippen LogP contribution in [-0.4, -0.2) is 21.3 Å². The third-order valence-electron chi connectivity index (χ3n) is 3.42. The van der Waals surface area contributed by atoms with E-state index in [9.17, 15) is 4.79 Å². The number of hydrogen-bond donors (Lipinski definition) is 1. The number of nitrogens with zero attached hydrogens (tertiary/aromatic N) is 2. The monoisotopic (exact) mass is 373 g/mol. The average molecular weight is 374 g/mol. The van der Waals surface area contributed by atoms with Crippen LogP contribution in [0.15, 0.2) is 59.1 Å². The highest BCUT2D eigenvalue weighted by Gasteiger charge is 2.16. The quantitative estimate of drug-likeness (QED) is 0.681. The fourth-order valence-corrected chi connectivity index (χ4v) is 3.01. The minimum absolute atomic E-state index is 0.0641. The highest BCUT2D eigenvalue weighted by atomic mass is 35.5. The van der Waals surface area contributed by atoms with Gasteiger partial charge in [0.1, 0.15) is 0 Å². The molecule has 0 aliphatic carbocycles. The maximum atomic E-state index is 12.2. The molecule has 3 aromatic rings. The lowest BCUT2D eigenvalue weighted by atomic mass is 10.2. The second-order valence-electron chi connectivity index (χ2n) is 5.33. The fourth-order valence-electron chi connectivity index (χ4n) is 2.10. The molecule has 0 saturated heterocycles. The van der Waals surface area contributed by atoms with Gasteiger partial charge in [-0.25, -0.2) is 0 Å². The summed E-state index contributed by atoms with van der Waals surface area (Å²) in [5, 5.41) is 7.20. The lowest BCUT2D eigenvalue weighted by Crippen LogP contribution is -2.22. The molecule has 25 heavy (non-hydrogen) atoms. The van der Waals surface area contributed by atoms with Crippen molar-refractivity contribution in [1.82, 2.24) is 10.1 Å². The zero-order chi connectivity index (χ0) is 17.6. The molecular weight excluding hydrogens is 358 g/mol. The van der Waals surface area contributed by atoms with Gasteiger partial charge < -0.3 is 9.84 Å². The Morgan fingerprint density at radius 1 is 1.24 bits per heavy atom. The van der Waals surface area contributed by atoms with Gasteiger partial charge in [0.25, 0.3) is 0 Å². The van der Waals surface area contributed by atoms with E-state index < -0.39 is 0 Å². The van der Waals surface area contributed by atoms with E-state index >= 15 is 0 Å². The number of anilines is 1. The number of para-hydroxylation sites is 1. The van der Waals surface area contributed by atoms with Crippen LogP contribution in [0.4, 0.5) is 5.69 Å². The van der Waals surface area contributed by atoms with Crippen molar-refractivity contribution in [3.8, 4) is 11.4 Å². The van der Waals surface area contributed by atoms with E-state index in [0.29, 0.717) is 22.5 Å². The summed E-state index contributed by atoms with van der Waals surface area (Å²) in [5.74, 6) is 1.35. The third kappa shape index (κ3) is 4.84. The van der Waals surface area contributed by atoms with Crippen molar-refractivity contribution < 1.29 is 9.32 Å². The van der Waals surface area contributed by atoms with E-state index in [2.05, 4.69) is 15.5 Å². The molecule has 128 valence electrons. The van der Waals surface area contributed by atoms with Crippen molar-refractivity contribution in [3.63, 3.8) is 0 Å². The minimum Gasteiger partial charge on any atom is -0.338 e. The van der Waals surface area contributed by atoms with Crippen LogP contribution < -0.4 is 5.32 Å². The molecule has 2 aromatic carbocycles. The molecule has 0 saturated carbocycles. The number of hydrogen-bond acceptors (Lipinski definition) is 5. The third-order valence-corrected chi connectivity index (χ3v) is 4.78. The van der Waals surface area contributed by atoms with E-state index in [1.165, 1.54) is 11.8 Å². The topological polar surface area (TPSA) is 68.0 Å². The molecule has 7 heteroatoms. The summed E-state index contributed by atoms with van der Waals surface area (Å²) in [5.41, 5.74) is 1.57. The molecule has 1 atom stereocenters. The molecule has 1 heterocycles. The van der Waals surface area contributed by atoms with Gasteiger partial charge in [-0.1, -0.05) is 47.1 Å². The van der Waals surface area contributed by atoms with E-state index in [0.717, 1.165) is 11.3 Å². The molecule has 0 aliphatic heterocycles. The van der Waals surface area contributed by atoms with Crippen molar-refractivity contribution in [2.75, 3.05) is 5.32 Å². The predicted molar refractivity (Wildman–Crippen MR) is 101 cm³/mol. The first-order chi connectivity index (χ1) is 12.1. The Morgan fingerprint density at radius 2 is 2.04 bits per heavy atom. The Bertz CT molecular complexity index is 854. The molecule has 5 nitrogen and oxygen atoms in total. The van der Waals surface area contributed by atoms with Crippen LogP contribution in [0.3, 0.4) is 0 Å². The Morgan fingerprint density at radius 3 is 2.80 bits per heavy atom. The molecule has 1 amide bonds. The first-order valence-electron chi connectivity index (χ1n) is 7.68. The van der Waals surface area contributed by atoms with E-state index in [1.807, 2.05) is 49.4 Å². The van der Waals surface area contributed by atoms with Crippen LogP contribution >= 0.6 is 23.4 Å². The molecule has 0 radical (unpaired) electrons. The highest BCUT2D eigenvalue weighted by molar-refractivity contribution is 7.99. The van der Waals surface area contributed by atoms with Crippen molar-refractivity contribution in [1.29, 1.82) is 0 Å². The molecule has 0 fully saturated rings. The van der Waals surface area contributed by atoms with Crippen LogP contribution in [0.5, 0.6) is 0 Å². The first kappa shape index (κ1) is 17.5. The summed E-state index contributed by atoms with van der Waals surface area (Å²) in [4.78, 5) is 16.5. The molecule has 0 spiro atoms. The van der Waals surface area contributed by atoms with Gasteiger partial charge >= 0.3 is 0 Å². The Labute approximate surface area is 154 Å². The van der Waals surface area contributed by atoms with Crippen LogP contribution in [-0.2, 0) is 10.5 Å². The van der Waals surface area contributed by atoms with Crippen molar-refractivity contribution in [3.05, 3.63) is 65.5 Å². The van der Waals surface area contributed by atoms with Crippen LogP contribution in [0.2, 0.25) is 5.02 Å². The van der Waals surface area contributed by atoms with E-state index in [-0.39, 0.29) is 11.2 Å². The second-order valence-corrected chi connectivity index (χ2v) is 7.10. The predicted octanol–water partition coefficient (Wildman–Crippen LogP) is 4.65. The summed E-state index contributed by atoms with van der Waals surface area (Å²) < 4.78 is 5.25. The van der Waals surface area contributed by atoms with Crippen molar-refractivity contribution >= 4 is 35.0 Å². The minimum atomic E-state index is -0.248. The maximum Gasteiger partial charge on any atom is 0.237 e. The Hall–Kier alpha value is -2.31. The number of carbonyl (C=O) groups is 1. The number of rotatable bonds is 6.